The average Bonchev–Trinajstić information content (AvgIpc) is 2.84. The van der Waals surface area contributed by atoms with Crippen LogP contribution < -0.4 is 26.1 Å². The number of anilines is 2. The maximum Gasteiger partial charge on any atom is 0.360 e. The SMILES string of the molecule is CCOC(=O)c1cc(NC(=O)c2ccccc2)c(=O)oc1/C=C/c1cc(OC)c(OC)cc1N. The van der Waals surface area contributed by atoms with Crippen molar-refractivity contribution in [3.63, 3.8) is 0 Å². The Kier molecular flexibility index (Phi) is 7.71. The summed E-state index contributed by atoms with van der Waals surface area (Å²) in [5.41, 5.74) is 6.26. The van der Waals surface area contributed by atoms with E-state index in [4.69, 9.17) is 24.4 Å². The summed E-state index contributed by atoms with van der Waals surface area (Å²) in [4.78, 5) is 37.6. The van der Waals surface area contributed by atoms with Crippen molar-refractivity contribution in [1.29, 1.82) is 0 Å². The van der Waals surface area contributed by atoms with Gasteiger partial charge < -0.3 is 29.7 Å². The lowest BCUT2D eigenvalue weighted by Crippen LogP contribution is -2.20. The van der Waals surface area contributed by atoms with Crippen molar-refractivity contribution in [1.82, 2.24) is 0 Å². The highest BCUT2D eigenvalue weighted by molar-refractivity contribution is 6.05. The molecule has 0 spiro atoms. The highest BCUT2D eigenvalue weighted by Crippen LogP contribution is 2.33. The predicted octanol–water partition coefficient (Wildman–Crippen LogP) is 3.84. The van der Waals surface area contributed by atoms with Gasteiger partial charge in [-0.3, -0.25) is 4.79 Å². The Bertz CT molecular complexity index is 1280. The maximum absolute atomic E-state index is 12.6. The molecular weight excluding hydrogens is 440 g/mol. The molecule has 0 unspecified atom stereocenters. The molecule has 0 aliphatic heterocycles. The van der Waals surface area contributed by atoms with Crippen LogP contribution in [-0.4, -0.2) is 32.7 Å². The smallest absolute Gasteiger partial charge is 0.360 e. The van der Waals surface area contributed by atoms with Crippen LogP contribution in [0.15, 0.2) is 57.7 Å². The Morgan fingerprint density at radius 2 is 1.71 bits per heavy atom. The van der Waals surface area contributed by atoms with Gasteiger partial charge in [-0.05, 0) is 43.3 Å². The monoisotopic (exact) mass is 464 g/mol. The van der Waals surface area contributed by atoms with E-state index in [1.54, 1.807) is 55.5 Å². The molecule has 0 saturated carbocycles. The number of esters is 1. The molecule has 2 aromatic carbocycles. The minimum absolute atomic E-state index is 0.0416. The Morgan fingerprint density at radius 1 is 1.03 bits per heavy atom. The molecule has 34 heavy (non-hydrogen) atoms. The largest absolute Gasteiger partial charge is 0.493 e. The third-order valence-corrected chi connectivity index (χ3v) is 4.76. The fourth-order valence-electron chi connectivity index (χ4n) is 3.07. The normalized spacial score (nSPS) is 10.7. The molecule has 1 aromatic heterocycles. The van der Waals surface area contributed by atoms with Crippen LogP contribution in [0.3, 0.4) is 0 Å². The first kappa shape index (κ1) is 24.1. The highest BCUT2D eigenvalue weighted by Gasteiger charge is 2.19. The van der Waals surface area contributed by atoms with Gasteiger partial charge in [0.1, 0.15) is 17.0 Å². The third kappa shape index (κ3) is 5.44. The van der Waals surface area contributed by atoms with E-state index in [-0.39, 0.29) is 23.6 Å². The number of nitrogens with two attached hydrogens (primary N) is 1. The summed E-state index contributed by atoms with van der Waals surface area (Å²) >= 11 is 0. The number of nitrogen functional groups attached to an aromatic ring is 1. The fraction of sp³-hybridized carbons (Fsp3) is 0.160. The molecule has 0 aliphatic carbocycles. The summed E-state index contributed by atoms with van der Waals surface area (Å²) in [5, 5.41) is 2.47. The summed E-state index contributed by atoms with van der Waals surface area (Å²) < 4.78 is 20.9. The van der Waals surface area contributed by atoms with Crippen LogP contribution in [0, 0.1) is 0 Å². The Labute approximate surface area is 195 Å². The van der Waals surface area contributed by atoms with Gasteiger partial charge in [-0.2, -0.15) is 0 Å². The van der Waals surface area contributed by atoms with E-state index < -0.39 is 17.5 Å². The van der Waals surface area contributed by atoms with Crippen LogP contribution in [0.1, 0.15) is 39.0 Å². The molecule has 0 radical (unpaired) electrons. The molecule has 0 aliphatic rings. The molecule has 3 N–H and O–H groups in total. The number of benzene rings is 2. The predicted molar refractivity (Wildman–Crippen MR) is 128 cm³/mol. The summed E-state index contributed by atoms with van der Waals surface area (Å²) in [6, 6.07) is 12.8. The molecule has 3 rings (SSSR count). The van der Waals surface area contributed by atoms with Gasteiger partial charge in [-0.15, -0.1) is 0 Å². The van der Waals surface area contributed by atoms with Gasteiger partial charge in [0.05, 0.1) is 20.8 Å². The third-order valence-electron chi connectivity index (χ3n) is 4.76. The lowest BCUT2D eigenvalue weighted by Gasteiger charge is -2.11. The van der Waals surface area contributed by atoms with Crippen LogP contribution >= 0.6 is 0 Å². The van der Waals surface area contributed by atoms with Crippen molar-refractivity contribution >= 4 is 35.4 Å². The molecule has 1 amide bonds. The van der Waals surface area contributed by atoms with E-state index in [1.165, 1.54) is 26.4 Å². The van der Waals surface area contributed by atoms with Crippen LogP contribution in [0.2, 0.25) is 0 Å². The van der Waals surface area contributed by atoms with Gasteiger partial charge in [0.15, 0.2) is 11.5 Å². The first-order valence-electron chi connectivity index (χ1n) is 10.3. The molecule has 0 bridgehead atoms. The number of amides is 1. The second-order valence-electron chi connectivity index (χ2n) is 6.94. The molecule has 9 heteroatoms. The van der Waals surface area contributed by atoms with Gasteiger partial charge in [0, 0.05) is 22.9 Å². The number of rotatable bonds is 8. The first-order chi connectivity index (χ1) is 16.4. The summed E-state index contributed by atoms with van der Waals surface area (Å²) in [6.07, 6.45) is 2.97. The van der Waals surface area contributed by atoms with Crippen LogP contribution in [0.4, 0.5) is 11.4 Å². The van der Waals surface area contributed by atoms with E-state index in [0.717, 1.165) is 0 Å². The van der Waals surface area contributed by atoms with E-state index in [2.05, 4.69) is 5.32 Å². The maximum atomic E-state index is 12.6. The molecule has 3 aromatic rings. The number of hydrogen-bond donors (Lipinski definition) is 2. The minimum Gasteiger partial charge on any atom is -0.493 e. The van der Waals surface area contributed by atoms with Gasteiger partial charge in [0.25, 0.3) is 5.91 Å². The van der Waals surface area contributed by atoms with E-state index in [9.17, 15) is 14.4 Å². The average molecular weight is 464 g/mol. The van der Waals surface area contributed by atoms with Gasteiger partial charge in [-0.1, -0.05) is 18.2 Å². The Balaban J connectivity index is 2.00. The van der Waals surface area contributed by atoms with Crippen LogP contribution in [-0.2, 0) is 4.74 Å². The van der Waals surface area contributed by atoms with E-state index >= 15 is 0 Å². The zero-order valence-electron chi connectivity index (χ0n) is 18.9. The quantitative estimate of drug-likeness (QED) is 0.380. The molecule has 9 nitrogen and oxygen atoms in total. The summed E-state index contributed by atoms with van der Waals surface area (Å²) in [5.74, 6) is -0.405. The Morgan fingerprint density at radius 3 is 2.35 bits per heavy atom. The van der Waals surface area contributed by atoms with E-state index in [0.29, 0.717) is 28.3 Å². The Hall–Kier alpha value is -4.53. The van der Waals surface area contributed by atoms with Crippen molar-refractivity contribution in [2.75, 3.05) is 31.9 Å². The molecule has 0 atom stereocenters. The van der Waals surface area contributed by atoms with Crippen LogP contribution in [0.25, 0.3) is 12.2 Å². The second kappa shape index (κ2) is 10.9. The first-order valence-corrected chi connectivity index (χ1v) is 10.3. The van der Waals surface area contributed by atoms with E-state index in [1.807, 2.05) is 0 Å². The number of methoxy groups -OCH3 is 2. The van der Waals surface area contributed by atoms with Crippen molar-refractivity contribution in [3.8, 4) is 11.5 Å². The lowest BCUT2D eigenvalue weighted by atomic mass is 10.1. The number of ether oxygens (including phenoxy) is 3. The molecule has 0 saturated heterocycles. The molecule has 176 valence electrons. The van der Waals surface area contributed by atoms with Crippen molar-refractivity contribution in [2.45, 2.75) is 6.92 Å². The molecule has 1 heterocycles. The van der Waals surface area contributed by atoms with Crippen molar-refractivity contribution in [2.24, 2.45) is 0 Å². The van der Waals surface area contributed by atoms with Gasteiger partial charge in [-0.25, -0.2) is 9.59 Å². The van der Waals surface area contributed by atoms with Crippen molar-refractivity contribution in [3.05, 3.63) is 81.4 Å². The topological polar surface area (TPSA) is 130 Å². The molecular formula is C25H24N2O7. The minimum atomic E-state index is -0.836. The van der Waals surface area contributed by atoms with Crippen LogP contribution in [0.5, 0.6) is 11.5 Å². The number of carbonyl (C=O) groups excluding carboxylic acids is 2. The van der Waals surface area contributed by atoms with Gasteiger partial charge >= 0.3 is 11.6 Å². The highest BCUT2D eigenvalue weighted by atomic mass is 16.5. The zero-order chi connectivity index (χ0) is 24.7. The van der Waals surface area contributed by atoms with Gasteiger partial charge in [0.2, 0.25) is 0 Å². The molecule has 0 fully saturated rings. The summed E-state index contributed by atoms with van der Waals surface area (Å²) in [7, 11) is 2.98. The summed E-state index contributed by atoms with van der Waals surface area (Å²) in [6.45, 7) is 1.75. The second-order valence-corrected chi connectivity index (χ2v) is 6.94. The number of hydrogen-bond acceptors (Lipinski definition) is 8. The fourth-order valence-corrected chi connectivity index (χ4v) is 3.07. The number of carbonyl (C=O) groups is 2. The lowest BCUT2D eigenvalue weighted by molar-refractivity contribution is 0.0522. The standard InChI is InChI=1S/C25H24N2O7/c1-4-33-24(29)17-13-19(27-23(28)15-8-6-5-7-9-15)25(30)34-20(17)11-10-16-12-21(31-2)22(32-3)14-18(16)26/h5-14H,4,26H2,1-3H3,(H,27,28)/b11-10+. The zero-order valence-corrected chi connectivity index (χ0v) is 18.9. The number of nitrogens with one attached hydrogen (secondary N) is 1. The van der Waals surface area contributed by atoms with Crippen molar-refractivity contribution < 1.29 is 28.2 Å².